The SMILES string of the molecule is COc1c(C)cc(C)cc1NC(=O)C(C)(C)O. The van der Waals surface area contributed by atoms with Crippen molar-refractivity contribution in [2.75, 3.05) is 12.4 Å². The number of aryl methyl sites for hydroxylation is 2. The average Bonchev–Trinajstić information content (AvgIpc) is 2.15. The van der Waals surface area contributed by atoms with E-state index in [-0.39, 0.29) is 0 Å². The summed E-state index contributed by atoms with van der Waals surface area (Å²) in [6.45, 7) is 6.73. The van der Waals surface area contributed by atoms with Gasteiger partial charge in [-0.2, -0.15) is 0 Å². The molecule has 94 valence electrons. The standard InChI is InChI=1S/C13H19NO3/c1-8-6-9(2)11(17-5)10(7-8)14-12(15)13(3,4)16/h6-7,16H,1-5H3,(H,14,15). The summed E-state index contributed by atoms with van der Waals surface area (Å²) in [5.41, 5.74) is 1.13. The first-order valence-corrected chi connectivity index (χ1v) is 5.44. The number of anilines is 1. The molecule has 0 radical (unpaired) electrons. The molecule has 0 aromatic heterocycles. The summed E-state index contributed by atoms with van der Waals surface area (Å²) in [7, 11) is 1.55. The van der Waals surface area contributed by atoms with Crippen molar-refractivity contribution in [3.8, 4) is 5.75 Å². The number of aliphatic hydroxyl groups is 1. The first kappa shape index (κ1) is 13.5. The Kier molecular flexibility index (Phi) is 3.78. The van der Waals surface area contributed by atoms with Gasteiger partial charge in [-0.1, -0.05) is 6.07 Å². The molecule has 2 N–H and O–H groups in total. The number of hydrogen-bond acceptors (Lipinski definition) is 3. The van der Waals surface area contributed by atoms with Gasteiger partial charge in [0.25, 0.3) is 5.91 Å². The van der Waals surface area contributed by atoms with Crippen LogP contribution in [-0.4, -0.2) is 23.7 Å². The average molecular weight is 237 g/mol. The Morgan fingerprint density at radius 3 is 2.41 bits per heavy atom. The molecule has 1 aromatic carbocycles. The molecule has 17 heavy (non-hydrogen) atoms. The van der Waals surface area contributed by atoms with Crippen molar-refractivity contribution in [3.05, 3.63) is 23.3 Å². The minimum atomic E-state index is -1.41. The van der Waals surface area contributed by atoms with Gasteiger partial charge in [0.05, 0.1) is 12.8 Å². The van der Waals surface area contributed by atoms with Gasteiger partial charge in [0, 0.05) is 0 Å². The molecule has 1 aromatic rings. The van der Waals surface area contributed by atoms with Crippen LogP contribution in [0, 0.1) is 13.8 Å². The molecule has 0 unspecified atom stereocenters. The van der Waals surface area contributed by atoms with Gasteiger partial charge in [0.1, 0.15) is 11.4 Å². The van der Waals surface area contributed by atoms with Gasteiger partial charge in [-0.15, -0.1) is 0 Å². The van der Waals surface area contributed by atoms with Crippen LogP contribution in [0.5, 0.6) is 5.75 Å². The van der Waals surface area contributed by atoms with Crippen LogP contribution in [-0.2, 0) is 4.79 Å². The van der Waals surface area contributed by atoms with E-state index in [1.807, 2.05) is 26.0 Å². The molecule has 1 rings (SSSR count). The Balaban J connectivity index is 3.10. The highest BCUT2D eigenvalue weighted by Gasteiger charge is 2.24. The molecule has 0 heterocycles. The van der Waals surface area contributed by atoms with Crippen LogP contribution in [0.2, 0.25) is 0 Å². The summed E-state index contributed by atoms with van der Waals surface area (Å²) in [6.07, 6.45) is 0. The second-order valence-electron chi connectivity index (χ2n) is 4.68. The fraction of sp³-hybridized carbons (Fsp3) is 0.462. The molecule has 4 nitrogen and oxygen atoms in total. The van der Waals surface area contributed by atoms with Gasteiger partial charge in [0.2, 0.25) is 0 Å². The lowest BCUT2D eigenvalue weighted by atomic mass is 10.1. The monoisotopic (exact) mass is 237 g/mol. The number of amides is 1. The van der Waals surface area contributed by atoms with E-state index in [2.05, 4.69) is 5.32 Å². The molecule has 0 saturated carbocycles. The fourth-order valence-electron chi connectivity index (χ4n) is 1.59. The lowest BCUT2D eigenvalue weighted by molar-refractivity contribution is -0.130. The number of ether oxygens (including phenoxy) is 1. The second kappa shape index (κ2) is 4.75. The summed E-state index contributed by atoms with van der Waals surface area (Å²) in [4.78, 5) is 11.7. The molecule has 0 aliphatic heterocycles. The Hall–Kier alpha value is -1.55. The van der Waals surface area contributed by atoms with E-state index in [9.17, 15) is 9.90 Å². The van der Waals surface area contributed by atoms with Gasteiger partial charge >= 0.3 is 0 Å². The van der Waals surface area contributed by atoms with E-state index in [1.165, 1.54) is 13.8 Å². The lowest BCUT2D eigenvalue weighted by Gasteiger charge is -2.19. The molecule has 0 atom stereocenters. The number of benzene rings is 1. The van der Waals surface area contributed by atoms with E-state index in [4.69, 9.17) is 4.74 Å². The van der Waals surface area contributed by atoms with Crippen molar-refractivity contribution in [2.24, 2.45) is 0 Å². The Morgan fingerprint density at radius 1 is 1.35 bits per heavy atom. The van der Waals surface area contributed by atoms with Gasteiger partial charge < -0.3 is 15.2 Å². The van der Waals surface area contributed by atoms with Crippen molar-refractivity contribution >= 4 is 11.6 Å². The van der Waals surface area contributed by atoms with Crippen LogP contribution in [0.15, 0.2) is 12.1 Å². The normalized spacial score (nSPS) is 11.2. The third-order valence-electron chi connectivity index (χ3n) is 2.43. The van der Waals surface area contributed by atoms with E-state index in [0.29, 0.717) is 11.4 Å². The van der Waals surface area contributed by atoms with Gasteiger partial charge in [0.15, 0.2) is 0 Å². The maximum absolute atomic E-state index is 11.7. The van der Waals surface area contributed by atoms with Crippen LogP contribution in [0.1, 0.15) is 25.0 Å². The molecular formula is C13H19NO3. The van der Waals surface area contributed by atoms with Crippen molar-refractivity contribution in [1.82, 2.24) is 0 Å². The zero-order valence-corrected chi connectivity index (χ0v) is 10.9. The molecule has 0 aliphatic carbocycles. The first-order valence-electron chi connectivity index (χ1n) is 5.44. The molecule has 0 aliphatic rings. The van der Waals surface area contributed by atoms with Gasteiger partial charge in [-0.25, -0.2) is 0 Å². The topological polar surface area (TPSA) is 58.6 Å². The number of nitrogens with one attached hydrogen (secondary N) is 1. The largest absolute Gasteiger partial charge is 0.494 e. The fourth-order valence-corrected chi connectivity index (χ4v) is 1.59. The van der Waals surface area contributed by atoms with Gasteiger partial charge in [-0.05, 0) is 44.9 Å². The highest BCUT2D eigenvalue weighted by molar-refractivity contribution is 5.97. The number of methoxy groups -OCH3 is 1. The quantitative estimate of drug-likeness (QED) is 0.845. The van der Waals surface area contributed by atoms with Crippen LogP contribution < -0.4 is 10.1 Å². The van der Waals surface area contributed by atoms with E-state index in [1.54, 1.807) is 7.11 Å². The number of carbonyl (C=O) groups excluding carboxylic acids is 1. The molecule has 0 fully saturated rings. The molecule has 1 amide bonds. The number of rotatable bonds is 3. The van der Waals surface area contributed by atoms with Crippen LogP contribution in [0.25, 0.3) is 0 Å². The predicted molar refractivity (Wildman–Crippen MR) is 67.4 cm³/mol. The smallest absolute Gasteiger partial charge is 0.255 e. The Bertz CT molecular complexity index is 433. The van der Waals surface area contributed by atoms with Crippen LogP contribution >= 0.6 is 0 Å². The summed E-state index contributed by atoms with van der Waals surface area (Å²) >= 11 is 0. The maximum Gasteiger partial charge on any atom is 0.255 e. The predicted octanol–water partition coefficient (Wildman–Crippen LogP) is 2.02. The zero-order chi connectivity index (χ0) is 13.2. The highest BCUT2D eigenvalue weighted by Crippen LogP contribution is 2.30. The van der Waals surface area contributed by atoms with E-state index in [0.717, 1.165) is 11.1 Å². The Labute approximate surface area is 102 Å². The van der Waals surface area contributed by atoms with E-state index >= 15 is 0 Å². The first-order chi connectivity index (χ1) is 7.75. The van der Waals surface area contributed by atoms with Gasteiger partial charge in [-0.3, -0.25) is 4.79 Å². The lowest BCUT2D eigenvalue weighted by Crippen LogP contribution is -2.36. The van der Waals surface area contributed by atoms with Crippen molar-refractivity contribution in [1.29, 1.82) is 0 Å². The molecule has 0 bridgehead atoms. The number of carbonyl (C=O) groups is 1. The third kappa shape index (κ3) is 3.20. The molecule has 0 saturated heterocycles. The van der Waals surface area contributed by atoms with Crippen LogP contribution in [0.4, 0.5) is 5.69 Å². The summed E-state index contributed by atoms with van der Waals surface area (Å²) < 4.78 is 5.25. The maximum atomic E-state index is 11.7. The van der Waals surface area contributed by atoms with Crippen molar-refractivity contribution in [2.45, 2.75) is 33.3 Å². The molecule has 4 heteroatoms. The summed E-state index contributed by atoms with van der Waals surface area (Å²) in [5.74, 6) is 0.161. The van der Waals surface area contributed by atoms with Crippen molar-refractivity contribution in [3.63, 3.8) is 0 Å². The molecule has 0 spiro atoms. The highest BCUT2D eigenvalue weighted by atomic mass is 16.5. The summed E-state index contributed by atoms with van der Waals surface area (Å²) in [5, 5.41) is 12.3. The minimum absolute atomic E-state index is 0.458. The molecular weight excluding hydrogens is 218 g/mol. The van der Waals surface area contributed by atoms with E-state index < -0.39 is 11.5 Å². The second-order valence-corrected chi connectivity index (χ2v) is 4.68. The van der Waals surface area contributed by atoms with Crippen LogP contribution in [0.3, 0.4) is 0 Å². The third-order valence-corrected chi connectivity index (χ3v) is 2.43. The Morgan fingerprint density at radius 2 is 1.94 bits per heavy atom. The zero-order valence-electron chi connectivity index (χ0n) is 10.9. The minimum Gasteiger partial charge on any atom is -0.494 e. The summed E-state index contributed by atoms with van der Waals surface area (Å²) in [6, 6.07) is 3.79. The number of hydrogen-bond donors (Lipinski definition) is 2. The van der Waals surface area contributed by atoms with Crippen molar-refractivity contribution < 1.29 is 14.6 Å².